The van der Waals surface area contributed by atoms with E-state index in [0.29, 0.717) is 0 Å². The Balaban J connectivity index is 1.98. The summed E-state index contributed by atoms with van der Waals surface area (Å²) in [6.45, 7) is 1.52. The Hall–Kier alpha value is -4.48. The van der Waals surface area contributed by atoms with Gasteiger partial charge in [0.1, 0.15) is 23.1 Å². The minimum atomic E-state index is -5.54. The van der Waals surface area contributed by atoms with E-state index in [4.69, 9.17) is 4.74 Å². The summed E-state index contributed by atoms with van der Waals surface area (Å²) in [5, 5.41) is 18.7. The van der Waals surface area contributed by atoms with Crippen LogP contribution >= 0.6 is 0 Å². The van der Waals surface area contributed by atoms with E-state index in [0.717, 1.165) is 30.3 Å². The number of alkyl halides is 3. The van der Waals surface area contributed by atoms with Crippen LogP contribution in [0.1, 0.15) is 18.1 Å². The molecule has 0 saturated carbocycles. The number of aryl methyl sites for hydroxylation is 1. The first-order chi connectivity index (χ1) is 20.8. The number of urea groups is 1. The molecule has 0 saturated heterocycles. The second-order valence-corrected chi connectivity index (χ2v) is 9.42. The molecule has 0 radical (unpaired) electrons. The summed E-state index contributed by atoms with van der Waals surface area (Å²) in [7, 11) is 0. The average molecular weight is 630 g/mol. The van der Waals surface area contributed by atoms with Gasteiger partial charge in [-0.3, -0.25) is 4.90 Å². The third kappa shape index (κ3) is 6.68. The number of benzene rings is 2. The lowest BCUT2D eigenvalue weighted by Gasteiger charge is -2.36. The van der Waals surface area contributed by atoms with Crippen LogP contribution < -0.4 is 9.64 Å². The van der Waals surface area contributed by atoms with Crippen molar-refractivity contribution in [2.75, 3.05) is 31.2 Å². The van der Waals surface area contributed by atoms with Gasteiger partial charge < -0.3 is 19.8 Å². The van der Waals surface area contributed by atoms with Crippen molar-refractivity contribution in [2.24, 2.45) is 0 Å². The smallest absolute Gasteiger partial charge is 0.444 e. The number of aromatic nitrogens is 2. The normalized spacial score (nSPS) is 14.1. The predicted octanol–water partition coefficient (Wildman–Crippen LogP) is 3.97. The molecule has 4 rings (SSSR count). The highest BCUT2D eigenvalue weighted by Crippen LogP contribution is 2.42. The van der Waals surface area contributed by atoms with Crippen molar-refractivity contribution < 1.29 is 55.7 Å². The summed E-state index contributed by atoms with van der Waals surface area (Å²) in [5.41, 5.74) is -1.04. The Bertz CT molecular complexity index is 1530. The van der Waals surface area contributed by atoms with Crippen LogP contribution in [-0.4, -0.2) is 80.9 Å². The topological polar surface area (TPSA) is 129 Å². The highest BCUT2D eigenvalue weighted by molar-refractivity contribution is 6.02. The molecule has 2 heterocycles. The van der Waals surface area contributed by atoms with Crippen LogP contribution in [0.2, 0.25) is 0 Å². The van der Waals surface area contributed by atoms with E-state index in [2.05, 4.69) is 14.8 Å². The molecule has 2 N–H and O–H groups in total. The Kier molecular flexibility index (Phi) is 9.60. The van der Waals surface area contributed by atoms with E-state index in [9.17, 15) is 37.4 Å². The van der Waals surface area contributed by atoms with E-state index < -0.39 is 65.9 Å². The number of hydrogen-bond donors (Lipinski definition) is 2. The molecule has 44 heavy (non-hydrogen) atoms. The first kappa shape index (κ1) is 32.4. The van der Waals surface area contributed by atoms with Crippen molar-refractivity contribution >= 4 is 23.5 Å². The van der Waals surface area contributed by atoms with Crippen molar-refractivity contribution in [3.05, 3.63) is 65.0 Å². The molecule has 1 aliphatic heterocycles. The highest BCUT2D eigenvalue weighted by Gasteiger charge is 2.47. The molecule has 1 atom stereocenters. The van der Waals surface area contributed by atoms with Crippen molar-refractivity contribution in [1.29, 1.82) is 0 Å². The molecule has 1 aliphatic rings. The molecular formula is C27H25F6N5O6. The van der Waals surface area contributed by atoms with Crippen LogP contribution in [0.5, 0.6) is 6.01 Å². The van der Waals surface area contributed by atoms with Gasteiger partial charge in [0.15, 0.2) is 12.0 Å². The molecule has 1 aromatic heterocycles. The quantitative estimate of drug-likeness (QED) is 0.253. The largest absolute Gasteiger partial charge is 0.493 e. The fourth-order valence-corrected chi connectivity index (χ4v) is 4.45. The summed E-state index contributed by atoms with van der Waals surface area (Å²) < 4.78 is 89.3. The molecule has 3 aromatic rings. The van der Waals surface area contributed by atoms with Gasteiger partial charge in [-0.2, -0.15) is 23.1 Å². The number of halogens is 6. The third-order valence-corrected chi connectivity index (χ3v) is 6.48. The van der Waals surface area contributed by atoms with Gasteiger partial charge in [0.25, 0.3) is 0 Å². The van der Waals surface area contributed by atoms with E-state index in [1.165, 1.54) is 24.8 Å². The molecule has 1 unspecified atom stereocenters. The number of para-hydroxylation sites is 1. The summed E-state index contributed by atoms with van der Waals surface area (Å²) in [5.74, 6) is -6.61. The van der Waals surface area contributed by atoms with Crippen molar-refractivity contribution in [2.45, 2.75) is 32.8 Å². The van der Waals surface area contributed by atoms with Gasteiger partial charge >= 0.3 is 24.2 Å². The lowest BCUT2D eigenvalue weighted by molar-refractivity contribution is -0.229. The number of rotatable bonds is 10. The Morgan fingerprint density at radius 3 is 2.27 bits per heavy atom. The molecule has 0 spiro atoms. The van der Waals surface area contributed by atoms with Crippen molar-refractivity contribution in [1.82, 2.24) is 19.9 Å². The predicted molar refractivity (Wildman–Crippen MR) is 140 cm³/mol. The maximum atomic E-state index is 15.1. The SMILES string of the molecule is Cc1cc(F)ccc1-c1nc(OC(C)N(CCO)CCO)nc2c1CN(OC(=O)C(F)(F)F)C(=O)N2c1c(F)cccc1F. The van der Waals surface area contributed by atoms with Crippen molar-refractivity contribution in [3.8, 4) is 17.3 Å². The van der Waals surface area contributed by atoms with Crippen LogP contribution in [0.25, 0.3) is 11.3 Å². The summed E-state index contributed by atoms with van der Waals surface area (Å²) >= 11 is 0. The summed E-state index contributed by atoms with van der Waals surface area (Å²) in [4.78, 5) is 39.8. The minimum Gasteiger partial charge on any atom is -0.444 e. The molecule has 0 bridgehead atoms. The number of carbonyl (C=O) groups is 2. The average Bonchev–Trinajstić information content (AvgIpc) is 2.94. The standard InChI is InChI=1S/C27H25F6N5O6/c1-14-12-16(28)6-7-17(14)21-18-13-37(44-24(41)27(31,32)33)26(42)38(22-19(29)4-3-5-20(22)30)23(18)35-25(34-21)43-15(2)36(8-10-39)9-11-40/h3-7,12,15,39-40H,8-11,13H2,1-2H3. The van der Waals surface area contributed by atoms with Gasteiger partial charge in [0, 0.05) is 24.2 Å². The lowest BCUT2D eigenvalue weighted by Crippen LogP contribution is -2.48. The molecule has 236 valence electrons. The van der Waals surface area contributed by atoms with Gasteiger partial charge in [0.2, 0.25) is 0 Å². The number of aliphatic hydroxyl groups is 2. The number of nitrogens with zero attached hydrogens (tertiary/aromatic N) is 5. The Morgan fingerprint density at radius 1 is 1.07 bits per heavy atom. The van der Waals surface area contributed by atoms with E-state index in [1.807, 2.05) is 0 Å². The Morgan fingerprint density at radius 2 is 1.70 bits per heavy atom. The molecule has 17 heteroatoms. The number of hydroxylamine groups is 2. The molecular weight excluding hydrogens is 604 g/mol. The number of carbonyl (C=O) groups excluding carboxylic acids is 2. The number of fused-ring (bicyclic) bond motifs is 1. The zero-order chi connectivity index (χ0) is 32.3. The van der Waals surface area contributed by atoms with Crippen LogP contribution in [0.4, 0.5) is 42.6 Å². The summed E-state index contributed by atoms with van der Waals surface area (Å²) in [6, 6.07) is 3.85. The number of hydrogen-bond acceptors (Lipinski definition) is 9. The van der Waals surface area contributed by atoms with Crippen LogP contribution in [0.3, 0.4) is 0 Å². The monoisotopic (exact) mass is 629 g/mol. The first-order valence-corrected chi connectivity index (χ1v) is 12.9. The number of aliphatic hydroxyl groups excluding tert-OH is 2. The lowest BCUT2D eigenvalue weighted by atomic mass is 10.00. The number of amides is 2. The van der Waals surface area contributed by atoms with E-state index >= 15 is 8.78 Å². The van der Waals surface area contributed by atoms with Gasteiger partial charge in [-0.15, -0.1) is 5.06 Å². The number of ether oxygens (including phenoxy) is 1. The summed E-state index contributed by atoms with van der Waals surface area (Å²) in [6.07, 6.45) is -6.47. The van der Waals surface area contributed by atoms with Gasteiger partial charge in [0.05, 0.1) is 25.5 Å². The zero-order valence-corrected chi connectivity index (χ0v) is 23.1. The molecule has 2 aromatic carbocycles. The maximum absolute atomic E-state index is 15.1. The van der Waals surface area contributed by atoms with Gasteiger partial charge in [-0.25, -0.2) is 27.7 Å². The van der Waals surface area contributed by atoms with Crippen LogP contribution in [0, 0.1) is 24.4 Å². The van der Waals surface area contributed by atoms with E-state index in [-0.39, 0.29) is 58.7 Å². The fourth-order valence-electron chi connectivity index (χ4n) is 4.45. The fraction of sp³-hybridized carbons (Fsp3) is 0.333. The van der Waals surface area contributed by atoms with Gasteiger partial charge in [-0.1, -0.05) is 6.07 Å². The molecule has 0 aliphatic carbocycles. The van der Waals surface area contributed by atoms with Crippen LogP contribution in [-0.2, 0) is 16.2 Å². The van der Waals surface area contributed by atoms with Crippen molar-refractivity contribution in [3.63, 3.8) is 0 Å². The molecule has 2 amide bonds. The highest BCUT2D eigenvalue weighted by atomic mass is 19.4. The molecule has 0 fully saturated rings. The Labute approximate surface area is 245 Å². The number of anilines is 2. The molecule has 11 nitrogen and oxygen atoms in total. The second kappa shape index (κ2) is 13.0. The first-order valence-electron chi connectivity index (χ1n) is 12.9. The van der Waals surface area contributed by atoms with Gasteiger partial charge in [-0.05, 0) is 49.7 Å². The zero-order valence-electron chi connectivity index (χ0n) is 23.1. The minimum absolute atomic E-state index is 0.0428. The van der Waals surface area contributed by atoms with Crippen LogP contribution in [0.15, 0.2) is 36.4 Å². The third-order valence-electron chi connectivity index (χ3n) is 6.48. The second-order valence-electron chi connectivity index (χ2n) is 9.42. The van der Waals surface area contributed by atoms with E-state index in [1.54, 1.807) is 0 Å². The maximum Gasteiger partial charge on any atom is 0.493 e.